The third-order valence-electron chi connectivity index (χ3n) is 1.20. The number of hydrogen-bond donors (Lipinski definition) is 1. The van der Waals surface area contributed by atoms with Crippen molar-refractivity contribution in [1.82, 2.24) is 0 Å². The van der Waals surface area contributed by atoms with E-state index in [1.165, 1.54) is 0 Å². The zero-order chi connectivity index (χ0) is 8.91. The van der Waals surface area contributed by atoms with E-state index in [1.54, 1.807) is 0 Å². The van der Waals surface area contributed by atoms with Gasteiger partial charge in [-0.3, -0.25) is 4.79 Å². The summed E-state index contributed by atoms with van der Waals surface area (Å²) in [6.45, 7) is 0.00373. The predicted octanol–water partition coefficient (Wildman–Crippen LogP) is -0.661. The minimum atomic E-state index is -2.92. The van der Waals surface area contributed by atoms with Crippen molar-refractivity contribution < 1.29 is 13.2 Å². The lowest BCUT2D eigenvalue weighted by Gasteiger charge is -1.96. The highest BCUT2D eigenvalue weighted by Gasteiger charge is 2.03. The number of Topliss-reactive ketones (excluding diaryl/α,β-unsaturated/α-hetero) is 1. The van der Waals surface area contributed by atoms with Gasteiger partial charge in [-0.05, 0) is 6.42 Å². The Hall–Kier alpha value is -0.420. The molecule has 0 atom stereocenters. The first kappa shape index (κ1) is 10.6. The molecule has 0 saturated heterocycles. The molecule has 0 radical (unpaired) electrons. The molecule has 5 heteroatoms. The zero-order valence-electron chi connectivity index (χ0n) is 6.54. The van der Waals surface area contributed by atoms with Gasteiger partial charge in [0.05, 0.1) is 12.3 Å². The first-order chi connectivity index (χ1) is 4.95. The van der Waals surface area contributed by atoms with E-state index in [-0.39, 0.29) is 24.5 Å². The molecule has 0 aromatic heterocycles. The summed E-state index contributed by atoms with van der Waals surface area (Å²) in [6.07, 6.45) is 1.80. The third-order valence-corrected chi connectivity index (χ3v) is 2.23. The van der Waals surface area contributed by atoms with Gasteiger partial charge in [-0.25, -0.2) is 8.42 Å². The molecule has 0 aliphatic rings. The van der Waals surface area contributed by atoms with Crippen LogP contribution in [0.2, 0.25) is 0 Å². The van der Waals surface area contributed by atoms with Gasteiger partial charge in [-0.15, -0.1) is 0 Å². The second kappa shape index (κ2) is 4.46. The van der Waals surface area contributed by atoms with E-state index in [0.29, 0.717) is 6.42 Å². The smallest absolute Gasteiger partial charge is 0.147 e. The molecule has 0 unspecified atom stereocenters. The summed E-state index contributed by atoms with van der Waals surface area (Å²) in [6, 6.07) is 0. The summed E-state index contributed by atoms with van der Waals surface area (Å²) in [7, 11) is -2.92. The van der Waals surface area contributed by atoms with Crippen LogP contribution in [-0.4, -0.2) is 32.8 Å². The average molecular weight is 179 g/mol. The molecule has 0 rings (SSSR count). The van der Waals surface area contributed by atoms with E-state index in [9.17, 15) is 13.2 Å². The highest BCUT2D eigenvalue weighted by atomic mass is 32.2. The maximum atomic E-state index is 10.6. The van der Waals surface area contributed by atoms with Gasteiger partial charge in [-0.1, -0.05) is 0 Å². The van der Waals surface area contributed by atoms with Crippen LogP contribution in [0.15, 0.2) is 0 Å². The van der Waals surface area contributed by atoms with Crippen molar-refractivity contribution in [3.05, 3.63) is 0 Å². The van der Waals surface area contributed by atoms with Crippen molar-refractivity contribution in [3.63, 3.8) is 0 Å². The van der Waals surface area contributed by atoms with Gasteiger partial charge in [0.25, 0.3) is 0 Å². The molecule has 0 fully saturated rings. The van der Waals surface area contributed by atoms with Crippen LogP contribution in [0.25, 0.3) is 0 Å². The molecule has 4 nitrogen and oxygen atoms in total. The molecule has 66 valence electrons. The Balaban J connectivity index is 3.51. The normalized spacial score (nSPS) is 11.5. The van der Waals surface area contributed by atoms with Crippen LogP contribution < -0.4 is 5.73 Å². The molecule has 0 saturated carbocycles. The number of nitrogens with two attached hydrogens (primary N) is 1. The fourth-order valence-corrected chi connectivity index (χ4v) is 1.30. The number of ketones is 1. The lowest BCUT2D eigenvalue weighted by molar-refractivity contribution is -0.117. The first-order valence-electron chi connectivity index (χ1n) is 3.35. The van der Waals surface area contributed by atoms with Crippen LogP contribution in [-0.2, 0) is 14.6 Å². The van der Waals surface area contributed by atoms with Gasteiger partial charge >= 0.3 is 0 Å². The third kappa shape index (κ3) is 7.48. The quantitative estimate of drug-likeness (QED) is 0.607. The average Bonchev–Trinajstić information content (AvgIpc) is 1.85. The second-order valence-electron chi connectivity index (χ2n) is 2.48. The molecule has 0 bridgehead atoms. The standard InChI is InChI=1S/C6H13NO3S/c1-11(9,10)4-2-3-6(8)5-7/h2-5,7H2,1H3. The van der Waals surface area contributed by atoms with Crippen LogP contribution >= 0.6 is 0 Å². The summed E-state index contributed by atoms with van der Waals surface area (Å²) < 4.78 is 21.1. The first-order valence-corrected chi connectivity index (χ1v) is 5.41. The Morgan fingerprint density at radius 1 is 1.45 bits per heavy atom. The number of carbonyl (C=O) groups is 1. The molecule has 0 spiro atoms. The molecule has 11 heavy (non-hydrogen) atoms. The van der Waals surface area contributed by atoms with Gasteiger partial charge < -0.3 is 5.73 Å². The highest BCUT2D eigenvalue weighted by molar-refractivity contribution is 7.90. The van der Waals surface area contributed by atoms with Gasteiger partial charge in [0.1, 0.15) is 15.6 Å². The maximum Gasteiger partial charge on any atom is 0.147 e. The molecule has 0 aromatic rings. The maximum absolute atomic E-state index is 10.6. The van der Waals surface area contributed by atoms with Crippen LogP contribution in [0, 0.1) is 0 Å². The Morgan fingerprint density at radius 3 is 2.36 bits per heavy atom. The fourth-order valence-electron chi connectivity index (χ4n) is 0.634. The van der Waals surface area contributed by atoms with Crippen LogP contribution in [0.3, 0.4) is 0 Å². The molecule has 2 N–H and O–H groups in total. The molecular formula is C6H13NO3S. The van der Waals surface area contributed by atoms with Crippen molar-refractivity contribution in [3.8, 4) is 0 Å². The predicted molar refractivity (Wildman–Crippen MR) is 43.0 cm³/mol. The molecule has 0 aliphatic heterocycles. The van der Waals surface area contributed by atoms with Crippen LogP contribution in [0.5, 0.6) is 0 Å². The van der Waals surface area contributed by atoms with E-state index >= 15 is 0 Å². The van der Waals surface area contributed by atoms with E-state index < -0.39 is 9.84 Å². The number of sulfone groups is 1. The summed E-state index contributed by atoms with van der Waals surface area (Å²) >= 11 is 0. The Bertz CT molecular complexity index is 220. The SMILES string of the molecule is CS(=O)(=O)CCCC(=O)CN. The minimum Gasteiger partial charge on any atom is -0.324 e. The second-order valence-corrected chi connectivity index (χ2v) is 4.74. The van der Waals surface area contributed by atoms with Crippen molar-refractivity contribution in [1.29, 1.82) is 0 Å². The van der Waals surface area contributed by atoms with Crippen LogP contribution in [0.4, 0.5) is 0 Å². The van der Waals surface area contributed by atoms with Gasteiger partial charge in [0.15, 0.2) is 0 Å². The molecule has 0 heterocycles. The summed E-state index contributed by atoms with van der Waals surface area (Å²) in [5.74, 6) is -0.0210. The van der Waals surface area contributed by atoms with Crippen LogP contribution in [0.1, 0.15) is 12.8 Å². The van der Waals surface area contributed by atoms with E-state index in [0.717, 1.165) is 6.26 Å². The summed E-state index contributed by atoms with van der Waals surface area (Å²) in [5, 5.41) is 0. The lowest BCUT2D eigenvalue weighted by atomic mass is 10.2. The molecule has 0 aliphatic carbocycles. The summed E-state index contributed by atoms with van der Waals surface area (Å²) in [5.41, 5.74) is 5.02. The minimum absolute atomic E-state index is 0.00373. The molecule has 0 amide bonds. The summed E-state index contributed by atoms with van der Waals surface area (Å²) in [4.78, 5) is 10.6. The number of rotatable bonds is 5. The topological polar surface area (TPSA) is 77.2 Å². The zero-order valence-corrected chi connectivity index (χ0v) is 7.36. The van der Waals surface area contributed by atoms with Gasteiger partial charge in [0.2, 0.25) is 0 Å². The van der Waals surface area contributed by atoms with Crippen molar-refractivity contribution >= 4 is 15.6 Å². The molecule has 0 aromatic carbocycles. The van der Waals surface area contributed by atoms with E-state index in [2.05, 4.69) is 0 Å². The van der Waals surface area contributed by atoms with Gasteiger partial charge in [0, 0.05) is 12.7 Å². The molecular weight excluding hydrogens is 166 g/mol. The fraction of sp³-hybridized carbons (Fsp3) is 0.833. The van der Waals surface area contributed by atoms with Crippen molar-refractivity contribution in [2.75, 3.05) is 18.6 Å². The van der Waals surface area contributed by atoms with E-state index in [4.69, 9.17) is 5.73 Å². The largest absolute Gasteiger partial charge is 0.324 e. The monoisotopic (exact) mass is 179 g/mol. The van der Waals surface area contributed by atoms with Crippen molar-refractivity contribution in [2.24, 2.45) is 5.73 Å². The Kier molecular flexibility index (Phi) is 4.29. The van der Waals surface area contributed by atoms with Crippen molar-refractivity contribution in [2.45, 2.75) is 12.8 Å². The highest BCUT2D eigenvalue weighted by Crippen LogP contribution is 1.94. The Labute approximate surface area is 66.7 Å². The Morgan fingerprint density at radius 2 is 2.00 bits per heavy atom. The lowest BCUT2D eigenvalue weighted by Crippen LogP contribution is -2.14. The van der Waals surface area contributed by atoms with E-state index in [1.807, 2.05) is 0 Å². The van der Waals surface area contributed by atoms with Gasteiger partial charge in [-0.2, -0.15) is 0 Å². The number of carbonyl (C=O) groups excluding carboxylic acids is 1. The number of hydrogen-bond acceptors (Lipinski definition) is 4.